The maximum atomic E-state index is 12.3. The summed E-state index contributed by atoms with van der Waals surface area (Å²) in [6.45, 7) is 1.48. The lowest BCUT2D eigenvalue weighted by Gasteiger charge is -2.14. The fourth-order valence-corrected chi connectivity index (χ4v) is 3.40. The van der Waals surface area contributed by atoms with Crippen molar-refractivity contribution in [3.8, 4) is 0 Å². The summed E-state index contributed by atoms with van der Waals surface area (Å²) in [5.74, 6) is 0.139. The molecule has 0 aliphatic carbocycles. The SMILES string of the molecule is O=C(c1csc(I)c1)N1Cc2ccccc2C1. The van der Waals surface area contributed by atoms with Gasteiger partial charge in [-0.3, -0.25) is 4.79 Å². The number of rotatable bonds is 1. The van der Waals surface area contributed by atoms with Gasteiger partial charge < -0.3 is 4.90 Å². The Balaban J connectivity index is 1.83. The molecule has 0 fully saturated rings. The van der Waals surface area contributed by atoms with Gasteiger partial charge in [0.25, 0.3) is 5.91 Å². The number of hydrogen-bond donors (Lipinski definition) is 0. The molecule has 1 amide bonds. The quantitative estimate of drug-likeness (QED) is 0.717. The molecule has 0 saturated carbocycles. The number of halogens is 1. The van der Waals surface area contributed by atoms with Crippen LogP contribution >= 0.6 is 33.9 Å². The normalized spacial score (nSPS) is 13.8. The van der Waals surface area contributed by atoms with Gasteiger partial charge >= 0.3 is 0 Å². The van der Waals surface area contributed by atoms with E-state index in [1.54, 1.807) is 11.3 Å². The molecule has 0 N–H and O–H groups in total. The molecular formula is C13H10INOS. The Kier molecular flexibility index (Phi) is 2.92. The lowest BCUT2D eigenvalue weighted by atomic mass is 10.1. The van der Waals surface area contributed by atoms with Crippen molar-refractivity contribution in [2.75, 3.05) is 0 Å². The van der Waals surface area contributed by atoms with Crippen LogP contribution in [0.15, 0.2) is 35.7 Å². The van der Waals surface area contributed by atoms with Crippen LogP contribution in [0.2, 0.25) is 0 Å². The molecule has 3 rings (SSSR count). The van der Waals surface area contributed by atoms with Gasteiger partial charge in [-0.25, -0.2) is 0 Å². The van der Waals surface area contributed by atoms with Gasteiger partial charge in [-0.1, -0.05) is 24.3 Å². The number of benzene rings is 1. The molecule has 1 aromatic carbocycles. The number of carbonyl (C=O) groups is 1. The summed E-state index contributed by atoms with van der Waals surface area (Å²) < 4.78 is 1.16. The van der Waals surface area contributed by atoms with E-state index in [4.69, 9.17) is 0 Å². The summed E-state index contributed by atoms with van der Waals surface area (Å²) in [5, 5.41) is 1.94. The first-order valence-electron chi connectivity index (χ1n) is 5.34. The second kappa shape index (κ2) is 4.42. The third-order valence-corrected chi connectivity index (χ3v) is 4.73. The molecule has 1 aliphatic rings. The van der Waals surface area contributed by atoms with Crippen LogP contribution in [0.4, 0.5) is 0 Å². The van der Waals surface area contributed by atoms with Crippen LogP contribution in [0.1, 0.15) is 21.5 Å². The van der Waals surface area contributed by atoms with Crippen molar-refractivity contribution < 1.29 is 4.79 Å². The second-order valence-electron chi connectivity index (χ2n) is 4.07. The van der Waals surface area contributed by atoms with Crippen LogP contribution in [-0.4, -0.2) is 10.8 Å². The van der Waals surface area contributed by atoms with Crippen molar-refractivity contribution >= 4 is 39.8 Å². The molecule has 0 radical (unpaired) electrons. The molecule has 0 unspecified atom stereocenters. The Morgan fingerprint density at radius 1 is 1.24 bits per heavy atom. The van der Waals surface area contributed by atoms with Gasteiger partial charge in [0.15, 0.2) is 0 Å². The molecule has 0 saturated heterocycles. The summed E-state index contributed by atoms with van der Waals surface area (Å²) in [6.07, 6.45) is 0. The summed E-state index contributed by atoms with van der Waals surface area (Å²) in [5.41, 5.74) is 3.35. The van der Waals surface area contributed by atoms with Gasteiger partial charge in [0, 0.05) is 18.5 Å². The van der Waals surface area contributed by atoms with Crippen LogP contribution in [0.25, 0.3) is 0 Å². The average Bonchev–Trinajstić information content (AvgIpc) is 2.93. The van der Waals surface area contributed by atoms with Crippen LogP contribution in [0.5, 0.6) is 0 Å². The summed E-state index contributed by atoms with van der Waals surface area (Å²) >= 11 is 3.86. The molecule has 4 heteroatoms. The monoisotopic (exact) mass is 355 g/mol. The van der Waals surface area contributed by atoms with Crippen molar-refractivity contribution in [1.29, 1.82) is 0 Å². The molecule has 0 bridgehead atoms. The van der Waals surface area contributed by atoms with Crippen molar-refractivity contribution in [2.45, 2.75) is 13.1 Å². The Hall–Kier alpha value is -0.880. The first kappa shape index (κ1) is 11.2. The number of hydrogen-bond acceptors (Lipinski definition) is 2. The number of amides is 1. The summed E-state index contributed by atoms with van der Waals surface area (Å²) in [6, 6.07) is 10.2. The van der Waals surface area contributed by atoms with Gasteiger partial charge in [-0.2, -0.15) is 0 Å². The largest absolute Gasteiger partial charge is 0.330 e. The van der Waals surface area contributed by atoms with Crippen LogP contribution in [0.3, 0.4) is 0 Å². The number of carbonyl (C=O) groups excluding carboxylic acids is 1. The van der Waals surface area contributed by atoms with Gasteiger partial charge in [0.2, 0.25) is 0 Å². The Morgan fingerprint density at radius 2 is 1.88 bits per heavy atom. The standard InChI is InChI=1S/C13H10INOS/c14-12-5-11(8-17-12)13(16)15-6-9-3-1-2-4-10(9)7-15/h1-5,8H,6-7H2. The second-order valence-corrected chi connectivity index (χ2v) is 6.87. The molecule has 0 atom stereocenters. The first-order chi connectivity index (χ1) is 8.24. The fraction of sp³-hybridized carbons (Fsp3) is 0.154. The van der Waals surface area contributed by atoms with E-state index < -0.39 is 0 Å². The maximum Gasteiger partial charge on any atom is 0.255 e. The Bertz CT molecular complexity index is 553. The predicted molar refractivity (Wildman–Crippen MR) is 77.1 cm³/mol. The molecule has 17 heavy (non-hydrogen) atoms. The van der Waals surface area contributed by atoms with E-state index in [9.17, 15) is 4.79 Å². The minimum absolute atomic E-state index is 0.139. The van der Waals surface area contributed by atoms with Crippen molar-refractivity contribution in [1.82, 2.24) is 4.90 Å². The summed E-state index contributed by atoms with van der Waals surface area (Å²) in [4.78, 5) is 14.2. The molecule has 1 aromatic heterocycles. The highest BCUT2D eigenvalue weighted by molar-refractivity contribution is 14.1. The van der Waals surface area contributed by atoms with Crippen molar-refractivity contribution in [3.05, 3.63) is 55.3 Å². The topological polar surface area (TPSA) is 20.3 Å². The zero-order valence-electron chi connectivity index (χ0n) is 9.02. The minimum atomic E-state index is 0.139. The average molecular weight is 355 g/mol. The Labute approximate surface area is 117 Å². The Morgan fingerprint density at radius 3 is 2.41 bits per heavy atom. The predicted octanol–water partition coefficient (Wildman–Crippen LogP) is 3.51. The molecule has 86 valence electrons. The molecular weight excluding hydrogens is 345 g/mol. The van der Waals surface area contributed by atoms with Gasteiger partial charge in [-0.05, 0) is 39.8 Å². The zero-order valence-corrected chi connectivity index (χ0v) is 12.0. The third-order valence-electron chi connectivity index (χ3n) is 2.94. The van der Waals surface area contributed by atoms with Gasteiger partial charge in [-0.15, -0.1) is 11.3 Å². The zero-order chi connectivity index (χ0) is 11.8. The lowest BCUT2D eigenvalue weighted by molar-refractivity contribution is 0.0752. The van der Waals surface area contributed by atoms with Gasteiger partial charge in [0.1, 0.15) is 0 Å². The van der Waals surface area contributed by atoms with E-state index >= 15 is 0 Å². The van der Waals surface area contributed by atoms with E-state index in [0.29, 0.717) is 0 Å². The first-order valence-corrected chi connectivity index (χ1v) is 7.30. The molecule has 1 aliphatic heterocycles. The van der Waals surface area contributed by atoms with E-state index in [0.717, 1.165) is 21.5 Å². The van der Waals surface area contributed by atoms with E-state index in [1.807, 2.05) is 28.5 Å². The van der Waals surface area contributed by atoms with Crippen molar-refractivity contribution in [2.24, 2.45) is 0 Å². The highest BCUT2D eigenvalue weighted by Gasteiger charge is 2.24. The number of thiophene rings is 1. The van der Waals surface area contributed by atoms with E-state index in [1.165, 1.54) is 11.1 Å². The van der Waals surface area contributed by atoms with E-state index in [2.05, 4.69) is 34.7 Å². The van der Waals surface area contributed by atoms with Crippen LogP contribution in [-0.2, 0) is 13.1 Å². The number of nitrogens with zero attached hydrogens (tertiary/aromatic N) is 1. The maximum absolute atomic E-state index is 12.3. The smallest absolute Gasteiger partial charge is 0.255 e. The molecule has 0 spiro atoms. The molecule has 2 heterocycles. The summed E-state index contributed by atoms with van der Waals surface area (Å²) in [7, 11) is 0. The molecule has 2 nitrogen and oxygen atoms in total. The minimum Gasteiger partial charge on any atom is -0.330 e. The van der Waals surface area contributed by atoms with Crippen molar-refractivity contribution in [3.63, 3.8) is 0 Å². The lowest BCUT2D eigenvalue weighted by Crippen LogP contribution is -2.24. The highest BCUT2D eigenvalue weighted by Crippen LogP contribution is 2.25. The van der Waals surface area contributed by atoms with E-state index in [-0.39, 0.29) is 5.91 Å². The molecule has 2 aromatic rings. The fourth-order valence-electron chi connectivity index (χ4n) is 2.08. The van der Waals surface area contributed by atoms with Crippen LogP contribution < -0.4 is 0 Å². The number of fused-ring (bicyclic) bond motifs is 1. The third kappa shape index (κ3) is 2.11. The van der Waals surface area contributed by atoms with Gasteiger partial charge in [0.05, 0.1) is 8.45 Å². The van der Waals surface area contributed by atoms with Crippen LogP contribution in [0, 0.1) is 2.88 Å². The highest BCUT2D eigenvalue weighted by atomic mass is 127.